The molecule has 0 spiro atoms. The van der Waals surface area contributed by atoms with Gasteiger partial charge in [0.2, 0.25) is 5.91 Å². The van der Waals surface area contributed by atoms with Gasteiger partial charge in [-0.05, 0) is 81.3 Å². The minimum atomic E-state index is -0.203. The molecule has 0 radical (unpaired) electrons. The molecule has 0 unspecified atom stereocenters. The summed E-state index contributed by atoms with van der Waals surface area (Å²) in [6.07, 6.45) is 6.39. The van der Waals surface area contributed by atoms with Gasteiger partial charge in [0, 0.05) is 18.5 Å². The Balaban J connectivity index is 1.41. The number of amides is 1. The Bertz CT molecular complexity index is 1160. The van der Waals surface area contributed by atoms with Gasteiger partial charge in [-0.3, -0.25) is 9.59 Å². The molecular weight excluding hydrogens is 402 g/mol. The fraction of sp³-hybridized carbons (Fsp3) is 0.400. The lowest BCUT2D eigenvalue weighted by molar-refractivity contribution is -0.117. The van der Waals surface area contributed by atoms with E-state index < -0.39 is 0 Å². The first-order chi connectivity index (χ1) is 15.2. The lowest BCUT2D eigenvalue weighted by Crippen LogP contribution is -2.22. The van der Waals surface area contributed by atoms with Crippen molar-refractivity contribution in [1.29, 1.82) is 0 Å². The third-order valence-electron chi connectivity index (χ3n) is 5.72. The molecule has 1 aromatic carbocycles. The van der Waals surface area contributed by atoms with Gasteiger partial charge in [0.05, 0.1) is 11.7 Å². The van der Waals surface area contributed by atoms with Crippen LogP contribution in [0.2, 0.25) is 0 Å². The molecule has 32 heavy (non-hydrogen) atoms. The molecule has 2 heterocycles. The Hall–Kier alpha value is -3.35. The van der Waals surface area contributed by atoms with Gasteiger partial charge in [0.1, 0.15) is 11.5 Å². The molecule has 0 atom stereocenters. The van der Waals surface area contributed by atoms with Crippen molar-refractivity contribution < 1.29 is 9.59 Å². The topological polar surface area (TPSA) is 89.8 Å². The maximum Gasteiger partial charge on any atom is 0.228 e. The summed E-state index contributed by atoms with van der Waals surface area (Å²) in [6.45, 7) is 8.12. The summed E-state index contributed by atoms with van der Waals surface area (Å²) in [5, 5.41) is 11.0. The molecule has 7 heteroatoms. The first-order valence-electron chi connectivity index (χ1n) is 11.0. The fourth-order valence-electron chi connectivity index (χ4n) is 3.50. The van der Waals surface area contributed by atoms with Gasteiger partial charge in [-0.2, -0.15) is 0 Å². The molecule has 1 aliphatic rings. The average molecular weight is 432 g/mol. The van der Waals surface area contributed by atoms with Crippen molar-refractivity contribution in [2.24, 2.45) is 5.92 Å². The normalized spacial score (nSPS) is 13.8. The third kappa shape index (κ3) is 5.10. The zero-order valence-electron chi connectivity index (χ0n) is 19.1. The SMILES string of the molecule is Cc1cc(-c2ccnc(NC(=O)C3CC3)c2)ccc1CCC(=O)c1cn(C(C)(C)C)nn1. The van der Waals surface area contributed by atoms with Gasteiger partial charge in [-0.1, -0.05) is 23.4 Å². The minimum absolute atomic E-state index is 0.00541. The number of aryl methyl sites for hydroxylation is 2. The van der Waals surface area contributed by atoms with Crippen LogP contribution < -0.4 is 5.32 Å². The van der Waals surface area contributed by atoms with Crippen molar-refractivity contribution >= 4 is 17.5 Å². The zero-order chi connectivity index (χ0) is 22.9. The standard InChI is InChI=1S/C25H29N5O2/c1-16-13-19(20-11-12-26-23(14-20)27-24(32)18-6-7-18)8-5-17(16)9-10-22(31)21-15-30(29-28-21)25(2,3)4/h5,8,11-15,18H,6-7,9-10H2,1-4H3,(H,26,27,32). The van der Waals surface area contributed by atoms with Gasteiger partial charge in [-0.25, -0.2) is 9.67 Å². The smallest absolute Gasteiger partial charge is 0.228 e. The highest BCUT2D eigenvalue weighted by molar-refractivity contribution is 5.94. The van der Waals surface area contributed by atoms with Crippen molar-refractivity contribution in [1.82, 2.24) is 20.0 Å². The number of ketones is 1. The van der Waals surface area contributed by atoms with Crippen molar-refractivity contribution in [3.63, 3.8) is 0 Å². The highest BCUT2D eigenvalue weighted by atomic mass is 16.2. The number of hydrogen-bond donors (Lipinski definition) is 1. The molecule has 1 fully saturated rings. The van der Waals surface area contributed by atoms with E-state index in [0.29, 0.717) is 24.4 Å². The van der Waals surface area contributed by atoms with Crippen LogP contribution in [-0.4, -0.2) is 31.7 Å². The molecule has 1 amide bonds. The molecule has 3 aromatic rings. The number of rotatable bonds is 7. The van der Waals surface area contributed by atoms with Crippen LogP contribution in [0.4, 0.5) is 5.82 Å². The highest BCUT2D eigenvalue weighted by Gasteiger charge is 2.29. The molecule has 0 aliphatic heterocycles. The van der Waals surface area contributed by atoms with Crippen molar-refractivity contribution in [2.45, 2.75) is 58.9 Å². The number of carbonyl (C=O) groups is 2. The molecule has 166 valence electrons. The lowest BCUT2D eigenvalue weighted by atomic mass is 9.97. The Morgan fingerprint density at radius 1 is 1.12 bits per heavy atom. The second-order valence-electron chi connectivity index (χ2n) is 9.48. The van der Waals surface area contributed by atoms with E-state index in [-0.39, 0.29) is 23.1 Å². The molecule has 7 nitrogen and oxygen atoms in total. The Labute approximate surface area is 188 Å². The molecular formula is C25H29N5O2. The first kappa shape index (κ1) is 21.9. The largest absolute Gasteiger partial charge is 0.310 e. The Morgan fingerprint density at radius 3 is 2.53 bits per heavy atom. The van der Waals surface area contributed by atoms with Crippen LogP contribution in [0.3, 0.4) is 0 Å². The van der Waals surface area contributed by atoms with Crippen molar-refractivity contribution in [2.75, 3.05) is 5.32 Å². The molecule has 4 rings (SSSR count). The van der Waals surface area contributed by atoms with E-state index in [2.05, 4.69) is 39.7 Å². The summed E-state index contributed by atoms with van der Waals surface area (Å²) < 4.78 is 1.72. The van der Waals surface area contributed by atoms with Gasteiger partial charge in [0.25, 0.3) is 0 Å². The van der Waals surface area contributed by atoms with Crippen molar-refractivity contribution in [3.05, 3.63) is 59.5 Å². The first-order valence-corrected chi connectivity index (χ1v) is 11.0. The van der Waals surface area contributed by atoms with Gasteiger partial charge in [0.15, 0.2) is 5.78 Å². The maximum absolute atomic E-state index is 12.6. The number of benzene rings is 1. The monoisotopic (exact) mass is 431 g/mol. The predicted octanol–water partition coefficient (Wildman–Crippen LogP) is 4.57. The summed E-state index contributed by atoms with van der Waals surface area (Å²) in [7, 11) is 0. The number of nitrogens with one attached hydrogen (secondary N) is 1. The maximum atomic E-state index is 12.6. The van der Waals surface area contributed by atoms with Gasteiger partial charge < -0.3 is 5.32 Å². The Morgan fingerprint density at radius 2 is 1.88 bits per heavy atom. The lowest BCUT2D eigenvalue weighted by Gasteiger charge is -2.17. The van der Waals surface area contributed by atoms with E-state index in [9.17, 15) is 9.59 Å². The third-order valence-corrected chi connectivity index (χ3v) is 5.72. The fourth-order valence-corrected chi connectivity index (χ4v) is 3.50. The van der Waals surface area contributed by atoms with E-state index in [1.54, 1.807) is 17.1 Å². The summed E-state index contributed by atoms with van der Waals surface area (Å²) in [5.41, 5.74) is 4.50. The van der Waals surface area contributed by atoms with Crippen LogP contribution in [0, 0.1) is 12.8 Å². The second kappa shape index (κ2) is 8.65. The molecule has 0 saturated heterocycles. The summed E-state index contributed by atoms with van der Waals surface area (Å²) in [6, 6.07) is 10.1. The van der Waals surface area contributed by atoms with Gasteiger partial charge in [-0.15, -0.1) is 5.10 Å². The van der Waals surface area contributed by atoms with Crippen LogP contribution in [0.15, 0.2) is 42.7 Å². The number of nitrogens with zero attached hydrogens (tertiary/aromatic N) is 4. The van der Waals surface area contributed by atoms with Crippen LogP contribution in [-0.2, 0) is 16.8 Å². The molecule has 1 aliphatic carbocycles. The summed E-state index contributed by atoms with van der Waals surface area (Å²) in [5.74, 6) is 0.764. The van der Waals surface area contributed by atoms with E-state index in [0.717, 1.165) is 35.1 Å². The predicted molar refractivity (Wildman–Crippen MR) is 123 cm³/mol. The number of hydrogen-bond acceptors (Lipinski definition) is 5. The quantitative estimate of drug-likeness (QED) is 0.554. The minimum Gasteiger partial charge on any atom is -0.310 e. The van der Waals surface area contributed by atoms with Crippen LogP contribution in [0.1, 0.15) is 61.6 Å². The van der Waals surface area contributed by atoms with Crippen LogP contribution in [0.5, 0.6) is 0 Å². The number of Topliss-reactive ketones (excluding diaryl/α,β-unsaturated/α-hetero) is 1. The molecule has 1 saturated carbocycles. The molecule has 1 N–H and O–H groups in total. The molecule has 0 bridgehead atoms. The molecule has 2 aromatic heterocycles. The van der Waals surface area contributed by atoms with Crippen molar-refractivity contribution in [3.8, 4) is 11.1 Å². The highest BCUT2D eigenvalue weighted by Crippen LogP contribution is 2.30. The summed E-state index contributed by atoms with van der Waals surface area (Å²) >= 11 is 0. The van der Waals surface area contributed by atoms with E-state index in [4.69, 9.17) is 0 Å². The van der Waals surface area contributed by atoms with E-state index >= 15 is 0 Å². The number of anilines is 1. The number of aromatic nitrogens is 4. The van der Waals surface area contributed by atoms with E-state index in [1.807, 2.05) is 39.0 Å². The Kier molecular flexibility index (Phi) is 5.91. The number of carbonyl (C=O) groups excluding carboxylic acids is 2. The van der Waals surface area contributed by atoms with Crippen LogP contribution in [0.25, 0.3) is 11.1 Å². The number of pyridine rings is 1. The summed E-state index contributed by atoms with van der Waals surface area (Å²) in [4.78, 5) is 28.9. The average Bonchev–Trinajstić information content (AvgIpc) is 3.48. The van der Waals surface area contributed by atoms with Crippen LogP contribution >= 0.6 is 0 Å². The zero-order valence-corrected chi connectivity index (χ0v) is 19.1. The second-order valence-corrected chi connectivity index (χ2v) is 9.48. The van der Waals surface area contributed by atoms with Gasteiger partial charge >= 0.3 is 0 Å². The van der Waals surface area contributed by atoms with E-state index in [1.165, 1.54) is 0 Å².